The van der Waals surface area contributed by atoms with E-state index in [2.05, 4.69) is 0 Å². The second-order valence-electron chi connectivity index (χ2n) is 7.24. The van der Waals surface area contributed by atoms with Crippen LogP contribution in [0.4, 0.5) is 0 Å². The van der Waals surface area contributed by atoms with E-state index in [1.807, 2.05) is 33.8 Å². The Morgan fingerprint density at radius 2 is 1.67 bits per heavy atom. The highest BCUT2D eigenvalue weighted by Gasteiger charge is 2.56. The Balaban J connectivity index is 2.23. The van der Waals surface area contributed by atoms with Crippen LogP contribution in [0.5, 0.6) is 0 Å². The SMILES string of the molecule is CC1=CCC2C(C)(C)C3=C(CC2(C)C1=O)C(=O)C=CC3=O. The van der Waals surface area contributed by atoms with Gasteiger partial charge in [0.05, 0.1) is 0 Å². The third kappa shape index (κ3) is 1.69. The van der Waals surface area contributed by atoms with Crippen LogP contribution < -0.4 is 0 Å². The van der Waals surface area contributed by atoms with E-state index >= 15 is 0 Å². The average molecular weight is 284 g/mol. The number of rotatable bonds is 0. The third-order valence-electron chi connectivity index (χ3n) is 5.60. The van der Waals surface area contributed by atoms with Gasteiger partial charge in [0, 0.05) is 16.6 Å². The highest BCUT2D eigenvalue weighted by Crippen LogP contribution is 2.58. The largest absolute Gasteiger partial charge is 0.294 e. The lowest BCUT2D eigenvalue weighted by molar-refractivity contribution is -0.133. The summed E-state index contributed by atoms with van der Waals surface area (Å²) in [7, 11) is 0. The Morgan fingerprint density at radius 3 is 2.33 bits per heavy atom. The molecule has 3 aliphatic rings. The van der Waals surface area contributed by atoms with Gasteiger partial charge in [0.25, 0.3) is 0 Å². The molecule has 0 amide bonds. The van der Waals surface area contributed by atoms with E-state index in [9.17, 15) is 14.4 Å². The second-order valence-corrected chi connectivity index (χ2v) is 7.24. The van der Waals surface area contributed by atoms with Crippen LogP contribution in [0.1, 0.15) is 40.5 Å². The minimum absolute atomic E-state index is 0.0585. The van der Waals surface area contributed by atoms with Crippen molar-refractivity contribution >= 4 is 17.3 Å². The summed E-state index contributed by atoms with van der Waals surface area (Å²) in [5, 5.41) is 0. The summed E-state index contributed by atoms with van der Waals surface area (Å²) in [6.07, 6.45) is 5.86. The van der Waals surface area contributed by atoms with Gasteiger partial charge in [-0.1, -0.05) is 26.8 Å². The molecule has 3 rings (SSSR count). The molecule has 0 aliphatic heterocycles. The van der Waals surface area contributed by atoms with Gasteiger partial charge in [0.2, 0.25) is 0 Å². The minimum atomic E-state index is -0.581. The number of Topliss-reactive ketones (excluding diaryl/α,β-unsaturated/α-hetero) is 1. The van der Waals surface area contributed by atoms with E-state index in [4.69, 9.17) is 0 Å². The number of fused-ring (bicyclic) bond motifs is 1. The molecule has 3 nitrogen and oxygen atoms in total. The normalized spacial score (nSPS) is 34.6. The maximum absolute atomic E-state index is 12.7. The first-order valence-electron chi connectivity index (χ1n) is 7.41. The molecule has 3 aliphatic carbocycles. The molecule has 0 heterocycles. The van der Waals surface area contributed by atoms with Gasteiger partial charge in [0.15, 0.2) is 17.3 Å². The van der Waals surface area contributed by atoms with Crippen molar-refractivity contribution in [3.63, 3.8) is 0 Å². The molecule has 0 N–H and O–H groups in total. The van der Waals surface area contributed by atoms with Crippen LogP contribution in [0.2, 0.25) is 0 Å². The van der Waals surface area contributed by atoms with E-state index in [1.165, 1.54) is 12.2 Å². The quantitative estimate of drug-likeness (QED) is 0.643. The minimum Gasteiger partial charge on any atom is -0.294 e. The number of ketones is 3. The third-order valence-corrected chi connectivity index (χ3v) is 5.60. The van der Waals surface area contributed by atoms with Crippen molar-refractivity contribution < 1.29 is 14.4 Å². The monoisotopic (exact) mass is 284 g/mol. The van der Waals surface area contributed by atoms with Gasteiger partial charge >= 0.3 is 0 Å². The fraction of sp³-hybridized carbons (Fsp3) is 0.500. The molecule has 21 heavy (non-hydrogen) atoms. The van der Waals surface area contributed by atoms with E-state index in [1.54, 1.807) is 0 Å². The number of carbonyl (C=O) groups is 3. The summed E-state index contributed by atoms with van der Waals surface area (Å²) in [5.41, 5.74) is 0.904. The molecule has 0 bridgehead atoms. The summed E-state index contributed by atoms with van der Waals surface area (Å²) in [4.78, 5) is 37.3. The predicted octanol–water partition coefficient (Wildman–Crippen LogP) is 2.96. The number of hydrogen-bond donors (Lipinski definition) is 0. The highest BCUT2D eigenvalue weighted by molar-refractivity contribution is 6.21. The van der Waals surface area contributed by atoms with Crippen molar-refractivity contribution in [2.75, 3.05) is 0 Å². The predicted molar refractivity (Wildman–Crippen MR) is 79.6 cm³/mol. The number of allylic oxidation sites excluding steroid dienone is 6. The zero-order valence-electron chi connectivity index (χ0n) is 12.9. The Kier molecular flexibility index (Phi) is 2.78. The average Bonchev–Trinajstić information content (AvgIpc) is 2.39. The molecule has 0 aromatic rings. The summed E-state index contributed by atoms with van der Waals surface area (Å²) in [5.74, 6) is -0.0101. The molecule has 110 valence electrons. The Morgan fingerprint density at radius 1 is 1.05 bits per heavy atom. The van der Waals surface area contributed by atoms with Crippen molar-refractivity contribution in [1.29, 1.82) is 0 Å². The smallest absolute Gasteiger partial charge is 0.182 e. The zero-order valence-corrected chi connectivity index (χ0v) is 12.9. The van der Waals surface area contributed by atoms with Gasteiger partial charge < -0.3 is 0 Å². The lowest BCUT2D eigenvalue weighted by Crippen LogP contribution is -2.52. The first-order chi connectivity index (χ1) is 9.69. The summed E-state index contributed by atoms with van der Waals surface area (Å²) in [6.45, 7) is 7.79. The zero-order chi connectivity index (χ0) is 15.6. The van der Waals surface area contributed by atoms with E-state index in [0.29, 0.717) is 17.6 Å². The molecule has 2 atom stereocenters. The number of hydrogen-bond acceptors (Lipinski definition) is 3. The van der Waals surface area contributed by atoms with Gasteiger partial charge in [-0.25, -0.2) is 0 Å². The molecule has 0 saturated carbocycles. The molecule has 0 spiro atoms. The van der Waals surface area contributed by atoms with E-state index in [-0.39, 0.29) is 23.3 Å². The topological polar surface area (TPSA) is 51.2 Å². The Bertz CT molecular complexity index is 673. The van der Waals surface area contributed by atoms with E-state index < -0.39 is 10.8 Å². The molecule has 2 unspecified atom stereocenters. The van der Waals surface area contributed by atoms with Crippen LogP contribution in [-0.2, 0) is 14.4 Å². The summed E-state index contributed by atoms with van der Waals surface area (Å²) >= 11 is 0. The van der Waals surface area contributed by atoms with Crippen LogP contribution in [0, 0.1) is 16.7 Å². The van der Waals surface area contributed by atoms with Crippen molar-refractivity contribution in [3.8, 4) is 0 Å². The number of carbonyl (C=O) groups excluding carboxylic acids is 3. The van der Waals surface area contributed by atoms with Crippen LogP contribution >= 0.6 is 0 Å². The van der Waals surface area contributed by atoms with Gasteiger partial charge in [-0.2, -0.15) is 0 Å². The molecule has 0 aromatic carbocycles. The first-order valence-corrected chi connectivity index (χ1v) is 7.41. The van der Waals surface area contributed by atoms with Crippen molar-refractivity contribution in [3.05, 3.63) is 34.9 Å². The van der Waals surface area contributed by atoms with Gasteiger partial charge in [-0.15, -0.1) is 0 Å². The van der Waals surface area contributed by atoms with Crippen LogP contribution in [0.3, 0.4) is 0 Å². The van der Waals surface area contributed by atoms with Crippen LogP contribution in [0.25, 0.3) is 0 Å². The summed E-state index contributed by atoms with van der Waals surface area (Å²) < 4.78 is 0. The Hall–Kier alpha value is -1.77. The lowest BCUT2D eigenvalue weighted by atomic mass is 9.49. The lowest BCUT2D eigenvalue weighted by Gasteiger charge is -2.52. The first kappa shape index (κ1) is 14.2. The maximum atomic E-state index is 12.7. The summed E-state index contributed by atoms with van der Waals surface area (Å²) in [6, 6.07) is 0. The highest BCUT2D eigenvalue weighted by atomic mass is 16.1. The molecule has 0 saturated heterocycles. The standard InChI is InChI=1S/C18H20O3/c1-10-5-8-14-17(2,3)15-11(9-18(14,4)16(10)21)12(19)6-7-13(15)20/h5-7,14H,8-9H2,1-4H3. The van der Waals surface area contributed by atoms with Crippen molar-refractivity contribution in [1.82, 2.24) is 0 Å². The van der Waals surface area contributed by atoms with Gasteiger partial charge in [0.1, 0.15) is 0 Å². The fourth-order valence-electron chi connectivity index (χ4n) is 4.58. The van der Waals surface area contributed by atoms with Crippen molar-refractivity contribution in [2.24, 2.45) is 16.7 Å². The van der Waals surface area contributed by atoms with E-state index in [0.717, 1.165) is 12.0 Å². The second kappa shape index (κ2) is 4.12. The molecular weight excluding hydrogens is 264 g/mol. The molecule has 0 aromatic heterocycles. The van der Waals surface area contributed by atoms with Crippen LogP contribution in [-0.4, -0.2) is 17.3 Å². The molecule has 3 heteroatoms. The molecular formula is C18H20O3. The van der Waals surface area contributed by atoms with Crippen LogP contribution in [0.15, 0.2) is 34.9 Å². The van der Waals surface area contributed by atoms with Crippen molar-refractivity contribution in [2.45, 2.75) is 40.5 Å². The molecule has 0 fully saturated rings. The molecule has 0 radical (unpaired) electrons. The van der Waals surface area contributed by atoms with Gasteiger partial charge in [-0.3, -0.25) is 14.4 Å². The Labute approximate surface area is 124 Å². The maximum Gasteiger partial charge on any atom is 0.182 e. The fourth-order valence-corrected chi connectivity index (χ4v) is 4.58. The van der Waals surface area contributed by atoms with Gasteiger partial charge in [-0.05, 0) is 48.8 Å².